The third-order valence-corrected chi connectivity index (χ3v) is 2.52. The number of alkyl halides is 3. The van der Waals surface area contributed by atoms with Crippen molar-refractivity contribution < 1.29 is 36.6 Å². The van der Waals surface area contributed by atoms with Crippen molar-refractivity contribution in [3.05, 3.63) is 0 Å². The van der Waals surface area contributed by atoms with Crippen LogP contribution in [0.5, 0.6) is 0 Å². The third kappa shape index (κ3) is 4.01. The molecular formula is C5H8F3NO5S. The molecule has 0 aromatic carbocycles. The standard InChI is InChI=1S/C5H8F3NO5S/c6-5(7,8)15(13,14)9-3(1-2-10)4(11)12/h3,9-10H,1-2H2,(H,11,12)/t3-/m1/s1. The van der Waals surface area contributed by atoms with Gasteiger partial charge in [-0.25, -0.2) is 8.42 Å². The van der Waals surface area contributed by atoms with Crippen LogP contribution in [0.2, 0.25) is 0 Å². The molecule has 0 saturated heterocycles. The van der Waals surface area contributed by atoms with Gasteiger partial charge in [0.05, 0.1) is 0 Å². The molecule has 3 N–H and O–H groups in total. The van der Waals surface area contributed by atoms with Crippen LogP contribution >= 0.6 is 0 Å². The summed E-state index contributed by atoms with van der Waals surface area (Å²) in [5.74, 6) is -1.79. The van der Waals surface area contributed by atoms with Crippen molar-refractivity contribution in [3.63, 3.8) is 0 Å². The number of aliphatic hydroxyl groups is 1. The average molecular weight is 251 g/mol. The highest BCUT2D eigenvalue weighted by molar-refractivity contribution is 7.90. The summed E-state index contributed by atoms with van der Waals surface area (Å²) in [6, 6.07) is -2.00. The normalized spacial score (nSPS) is 14.9. The Labute approximate surface area is 82.8 Å². The maximum atomic E-state index is 11.8. The Morgan fingerprint density at radius 2 is 1.87 bits per heavy atom. The number of sulfonamides is 1. The number of hydrogen-bond donors (Lipinski definition) is 3. The van der Waals surface area contributed by atoms with Gasteiger partial charge in [-0.1, -0.05) is 0 Å². The fourth-order valence-corrected chi connectivity index (χ4v) is 1.34. The molecule has 0 fully saturated rings. The lowest BCUT2D eigenvalue weighted by molar-refractivity contribution is -0.139. The molecule has 0 saturated carbocycles. The maximum Gasteiger partial charge on any atom is 0.511 e. The molecule has 0 unspecified atom stereocenters. The predicted molar refractivity (Wildman–Crippen MR) is 41.2 cm³/mol. The molecule has 0 radical (unpaired) electrons. The molecule has 0 aromatic heterocycles. The van der Waals surface area contributed by atoms with Gasteiger partial charge in [-0.15, -0.1) is 0 Å². The lowest BCUT2D eigenvalue weighted by atomic mass is 10.2. The molecule has 0 heterocycles. The van der Waals surface area contributed by atoms with E-state index < -0.39 is 40.6 Å². The van der Waals surface area contributed by atoms with Crippen LogP contribution in [0.15, 0.2) is 0 Å². The number of aliphatic carboxylic acids is 1. The molecule has 10 heteroatoms. The van der Waals surface area contributed by atoms with Crippen molar-refractivity contribution >= 4 is 16.0 Å². The Hall–Kier alpha value is -0.870. The van der Waals surface area contributed by atoms with Crippen molar-refractivity contribution in [1.82, 2.24) is 4.72 Å². The lowest BCUT2D eigenvalue weighted by Gasteiger charge is -2.14. The highest BCUT2D eigenvalue weighted by atomic mass is 32.2. The van der Waals surface area contributed by atoms with Gasteiger partial charge in [0.15, 0.2) is 0 Å². The van der Waals surface area contributed by atoms with E-state index in [-0.39, 0.29) is 0 Å². The first-order valence-corrected chi connectivity index (χ1v) is 5.02. The second kappa shape index (κ2) is 4.77. The molecule has 15 heavy (non-hydrogen) atoms. The van der Waals surface area contributed by atoms with E-state index in [4.69, 9.17) is 10.2 Å². The molecular weight excluding hydrogens is 243 g/mol. The van der Waals surface area contributed by atoms with Gasteiger partial charge >= 0.3 is 21.5 Å². The van der Waals surface area contributed by atoms with Gasteiger partial charge in [0.1, 0.15) is 6.04 Å². The van der Waals surface area contributed by atoms with E-state index in [0.717, 1.165) is 4.72 Å². The topological polar surface area (TPSA) is 104 Å². The SMILES string of the molecule is O=C(O)[C@@H](CCO)NS(=O)(=O)C(F)(F)F. The summed E-state index contributed by atoms with van der Waals surface area (Å²) in [4.78, 5) is 10.3. The van der Waals surface area contributed by atoms with Crippen LogP contribution in [-0.4, -0.2) is 42.8 Å². The van der Waals surface area contributed by atoms with Crippen LogP contribution in [0.1, 0.15) is 6.42 Å². The van der Waals surface area contributed by atoms with Gasteiger partial charge in [-0.05, 0) is 6.42 Å². The van der Waals surface area contributed by atoms with Gasteiger partial charge in [-0.2, -0.15) is 17.9 Å². The number of carboxylic acids is 1. The highest BCUT2D eigenvalue weighted by Crippen LogP contribution is 2.22. The molecule has 0 aliphatic heterocycles. The number of hydrogen-bond acceptors (Lipinski definition) is 4. The van der Waals surface area contributed by atoms with Crippen LogP contribution in [0.4, 0.5) is 13.2 Å². The van der Waals surface area contributed by atoms with Crippen molar-refractivity contribution in [2.24, 2.45) is 0 Å². The predicted octanol–water partition coefficient (Wildman–Crippen LogP) is -0.739. The molecule has 0 bridgehead atoms. The van der Waals surface area contributed by atoms with Gasteiger partial charge < -0.3 is 10.2 Å². The summed E-state index contributed by atoms with van der Waals surface area (Å²) >= 11 is 0. The minimum Gasteiger partial charge on any atom is -0.480 e. The summed E-state index contributed by atoms with van der Waals surface area (Å²) in [6.07, 6.45) is -0.648. The number of halogens is 3. The van der Waals surface area contributed by atoms with E-state index in [1.807, 2.05) is 0 Å². The largest absolute Gasteiger partial charge is 0.511 e. The number of nitrogens with one attached hydrogen (secondary N) is 1. The van der Waals surface area contributed by atoms with Gasteiger partial charge in [-0.3, -0.25) is 4.79 Å². The molecule has 0 aliphatic rings. The van der Waals surface area contributed by atoms with E-state index in [1.54, 1.807) is 0 Å². The molecule has 0 spiro atoms. The highest BCUT2D eigenvalue weighted by Gasteiger charge is 2.47. The number of carboxylic acid groups (broad SMARTS) is 1. The Kier molecular flexibility index (Phi) is 4.49. The van der Waals surface area contributed by atoms with Crippen molar-refractivity contribution in [2.75, 3.05) is 6.61 Å². The van der Waals surface area contributed by atoms with E-state index in [1.165, 1.54) is 0 Å². The molecule has 6 nitrogen and oxygen atoms in total. The number of carbonyl (C=O) groups is 1. The first-order chi connectivity index (χ1) is 6.62. The zero-order valence-corrected chi connectivity index (χ0v) is 7.97. The monoisotopic (exact) mass is 251 g/mol. The van der Waals surface area contributed by atoms with Crippen LogP contribution < -0.4 is 4.72 Å². The summed E-state index contributed by atoms with van der Waals surface area (Å²) < 4.78 is 57.2. The molecule has 0 amide bonds. The fourth-order valence-electron chi connectivity index (χ4n) is 0.616. The summed E-state index contributed by atoms with van der Waals surface area (Å²) in [5.41, 5.74) is -5.57. The van der Waals surface area contributed by atoms with Gasteiger partial charge in [0.25, 0.3) is 0 Å². The van der Waals surface area contributed by atoms with Gasteiger partial charge in [0, 0.05) is 6.61 Å². The molecule has 0 aromatic rings. The molecule has 0 rings (SSSR count). The number of aliphatic hydroxyl groups excluding tert-OH is 1. The first-order valence-electron chi connectivity index (χ1n) is 3.54. The van der Waals surface area contributed by atoms with Crippen molar-refractivity contribution in [2.45, 2.75) is 18.0 Å². The second-order valence-electron chi connectivity index (χ2n) is 2.47. The fraction of sp³-hybridized carbons (Fsp3) is 0.800. The van der Waals surface area contributed by atoms with Crippen molar-refractivity contribution in [1.29, 1.82) is 0 Å². The number of rotatable bonds is 5. The minimum absolute atomic E-state index is 0.648. The summed E-state index contributed by atoms with van der Waals surface area (Å²) in [5, 5.41) is 16.6. The average Bonchev–Trinajstić information content (AvgIpc) is 2.00. The Morgan fingerprint density at radius 1 is 1.40 bits per heavy atom. The zero-order valence-electron chi connectivity index (χ0n) is 7.15. The van der Waals surface area contributed by atoms with Crippen molar-refractivity contribution in [3.8, 4) is 0 Å². The second-order valence-corrected chi connectivity index (χ2v) is 4.18. The quantitative estimate of drug-likeness (QED) is 0.597. The lowest BCUT2D eigenvalue weighted by Crippen LogP contribution is -2.46. The Balaban J connectivity index is 4.76. The maximum absolute atomic E-state index is 11.8. The summed E-state index contributed by atoms with van der Waals surface area (Å²) in [7, 11) is -5.71. The minimum atomic E-state index is -5.71. The van der Waals surface area contributed by atoms with E-state index in [0.29, 0.717) is 0 Å². The third-order valence-electron chi connectivity index (χ3n) is 1.32. The molecule has 90 valence electrons. The first kappa shape index (κ1) is 14.1. The van der Waals surface area contributed by atoms with Crippen LogP contribution in [-0.2, 0) is 14.8 Å². The molecule has 1 atom stereocenters. The van der Waals surface area contributed by atoms with E-state index in [2.05, 4.69) is 0 Å². The smallest absolute Gasteiger partial charge is 0.480 e. The molecule has 0 aliphatic carbocycles. The van der Waals surface area contributed by atoms with E-state index >= 15 is 0 Å². The Morgan fingerprint density at radius 3 is 2.13 bits per heavy atom. The Bertz CT molecular complexity index is 324. The van der Waals surface area contributed by atoms with Gasteiger partial charge in [0.2, 0.25) is 0 Å². The van der Waals surface area contributed by atoms with E-state index in [9.17, 15) is 26.4 Å². The van der Waals surface area contributed by atoms with Crippen LogP contribution in [0.25, 0.3) is 0 Å². The van der Waals surface area contributed by atoms with Crippen LogP contribution in [0.3, 0.4) is 0 Å². The van der Waals surface area contributed by atoms with Crippen LogP contribution in [0, 0.1) is 0 Å². The summed E-state index contributed by atoms with van der Waals surface area (Å²) in [6.45, 7) is -0.753. The zero-order chi connectivity index (χ0) is 12.3.